The van der Waals surface area contributed by atoms with Crippen molar-refractivity contribution in [3.05, 3.63) is 21.3 Å². The zero-order valence-corrected chi connectivity index (χ0v) is 12.3. The molecule has 1 saturated carbocycles. The molecule has 2 unspecified atom stereocenters. The van der Waals surface area contributed by atoms with Crippen molar-refractivity contribution in [2.45, 2.75) is 44.7 Å². The predicted octanol–water partition coefficient (Wildman–Crippen LogP) is 4.31. The molecule has 0 saturated heterocycles. The second-order valence-corrected chi connectivity index (χ2v) is 6.86. The molecule has 2 atom stereocenters. The van der Waals surface area contributed by atoms with Crippen LogP contribution >= 0.6 is 22.9 Å². The Morgan fingerprint density at radius 2 is 2.17 bits per heavy atom. The van der Waals surface area contributed by atoms with Crippen LogP contribution in [0, 0.1) is 17.2 Å². The summed E-state index contributed by atoms with van der Waals surface area (Å²) < 4.78 is 0.844. The van der Waals surface area contributed by atoms with Crippen LogP contribution in [0.4, 0.5) is 0 Å². The predicted molar refractivity (Wildman–Crippen MR) is 76.8 cm³/mol. The van der Waals surface area contributed by atoms with Crippen LogP contribution in [-0.2, 0) is 6.54 Å². The molecule has 1 aromatic rings. The fourth-order valence-electron chi connectivity index (χ4n) is 2.77. The SMILES string of the molecule is CN(Cc1ccc(Cl)s1)C1CCCCCC1C#N. The van der Waals surface area contributed by atoms with Gasteiger partial charge in [0.25, 0.3) is 0 Å². The number of nitriles is 1. The van der Waals surface area contributed by atoms with Gasteiger partial charge in [-0.2, -0.15) is 5.26 Å². The topological polar surface area (TPSA) is 27.0 Å². The highest BCUT2D eigenvalue weighted by Crippen LogP contribution is 2.29. The van der Waals surface area contributed by atoms with E-state index in [1.165, 1.54) is 24.1 Å². The smallest absolute Gasteiger partial charge is 0.0931 e. The van der Waals surface area contributed by atoms with E-state index >= 15 is 0 Å². The van der Waals surface area contributed by atoms with Crippen molar-refractivity contribution in [2.24, 2.45) is 5.92 Å². The van der Waals surface area contributed by atoms with Gasteiger partial charge in [-0.25, -0.2) is 0 Å². The molecule has 2 nitrogen and oxygen atoms in total. The fraction of sp³-hybridized carbons (Fsp3) is 0.643. The van der Waals surface area contributed by atoms with Gasteiger partial charge in [0.1, 0.15) is 0 Å². The van der Waals surface area contributed by atoms with E-state index in [-0.39, 0.29) is 5.92 Å². The number of hydrogen-bond acceptors (Lipinski definition) is 3. The van der Waals surface area contributed by atoms with Crippen LogP contribution in [0.25, 0.3) is 0 Å². The minimum atomic E-state index is 0.188. The molecule has 1 heterocycles. The molecule has 1 aliphatic rings. The first kappa shape index (κ1) is 13.9. The number of rotatable bonds is 3. The van der Waals surface area contributed by atoms with E-state index in [1.807, 2.05) is 6.07 Å². The van der Waals surface area contributed by atoms with Gasteiger partial charge in [-0.1, -0.05) is 30.9 Å². The Morgan fingerprint density at radius 1 is 1.39 bits per heavy atom. The molecule has 0 aromatic carbocycles. The van der Waals surface area contributed by atoms with Crippen molar-refractivity contribution < 1.29 is 0 Å². The lowest BCUT2D eigenvalue weighted by Crippen LogP contribution is -2.36. The van der Waals surface area contributed by atoms with Gasteiger partial charge in [-0.15, -0.1) is 11.3 Å². The first-order valence-electron chi connectivity index (χ1n) is 6.55. The monoisotopic (exact) mass is 282 g/mol. The first-order valence-corrected chi connectivity index (χ1v) is 7.74. The van der Waals surface area contributed by atoms with E-state index < -0.39 is 0 Å². The van der Waals surface area contributed by atoms with Crippen LogP contribution in [0.3, 0.4) is 0 Å². The zero-order chi connectivity index (χ0) is 13.0. The maximum Gasteiger partial charge on any atom is 0.0931 e. The minimum Gasteiger partial charge on any atom is -0.297 e. The van der Waals surface area contributed by atoms with Gasteiger partial charge in [-0.05, 0) is 32.0 Å². The van der Waals surface area contributed by atoms with Gasteiger partial charge < -0.3 is 0 Å². The van der Waals surface area contributed by atoms with E-state index in [2.05, 4.69) is 24.1 Å². The maximum atomic E-state index is 9.31. The third-order valence-electron chi connectivity index (χ3n) is 3.75. The molecule has 1 fully saturated rings. The van der Waals surface area contributed by atoms with Crippen LogP contribution in [0.1, 0.15) is 37.0 Å². The van der Waals surface area contributed by atoms with Crippen LogP contribution in [0.2, 0.25) is 4.34 Å². The molecule has 0 radical (unpaired) electrons. The normalized spacial score (nSPS) is 24.8. The van der Waals surface area contributed by atoms with Crippen molar-refractivity contribution in [2.75, 3.05) is 7.05 Å². The summed E-state index contributed by atoms with van der Waals surface area (Å²) >= 11 is 7.59. The van der Waals surface area contributed by atoms with E-state index in [4.69, 9.17) is 11.6 Å². The Labute approximate surface area is 118 Å². The number of halogens is 1. The van der Waals surface area contributed by atoms with Crippen molar-refractivity contribution in [3.63, 3.8) is 0 Å². The fourth-order valence-corrected chi connectivity index (χ4v) is 3.92. The zero-order valence-electron chi connectivity index (χ0n) is 10.7. The molecule has 0 bridgehead atoms. The minimum absolute atomic E-state index is 0.188. The molecule has 2 rings (SSSR count). The molecule has 0 aliphatic heterocycles. The van der Waals surface area contributed by atoms with Crippen molar-refractivity contribution >= 4 is 22.9 Å². The molecule has 0 N–H and O–H groups in total. The molecule has 98 valence electrons. The molecular weight excluding hydrogens is 264 g/mol. The lowest BCUT2D eigenvalue weighted by atomic mass is 9.95. The van der Waals surface area contributed by atoms with Crippen LogP contribution in [0.15, 0.2) is 12.1 Å². The van der Waals surface area contributed by atoms with Gasteiger partial charge in [0.05, 0.1) is 16.3 Å². The molecule has 1 aliphatic carbocycles. The number of hydrogen-bond donors (Lipinski definition) is 0. The van der Waals surface area contributed by atoms with E-state index in [0.29, 0.717) is 6.04 Å². The number of nitrogens with zero attached hydrogens (tertiary/aromatic N) is 2. The Hall–Kier alpha value is -0.560. The summed E-state index contributed by atoms with van der Waals surface area (Å²) in [5.41, 5.74) is 0. The van der Waals surface area contributed by atoms with E-state index in [0.717, 1.165) is 23.7 Å². The summed E-state index contributed by atoms with van der Waals surface area (Å²) in [5.74, 6) is 0.188. The second kappa shape index (κ2) is 6.56. The maximum absolute atomic E-state index is 9.31. The van der Waals surface area contributed by atoms with Gasteiger partial charge in [0, 0.05) is 17.5 Å². The largest absolute Gasteiger partial charge is 0.297 e. The van der Waals surface area contributed by atoms with Gasteiger partial charge >= 0.3 is 0 Å². The summed E-state index contributed by atoms with van der Waals surface area (Å²) in [7, 11) is 2.13. The first-order chi connectivity index (χ1) is 8.70. The Kier molecular flexibility index (Phi) is 5.05. The lowest BCUT2D eigenvalue weighted by molar-refractivity contribution is 0.184. The van der Waals surface area contributed by atoms with Crippen molar-refractivity contribution in [1.29, 1.82) is 5.26 Å². The van der Waals surface area contributed by atoms with Gasteiger partial charge in [0.2, 0.25) is 0 Å². The standard InChI is InChI=1S/C14H19ClN2S/c1-17(10-12-7-8-14(15)18-12)13-6-4-2-3-5-11(13)9-16/h7-8,11,13H,2-6,10H2,1H3. The highest BCUT2D eigenvalue weighted by molar-refractivity contribution is 7.16. The second-order valence-electron chi connectivity index (χ2n) is 5.06. The quantitative estimate of drug-likeness (QED) is 0.773. The highest BCUT2D eigenvalue weighted by Gasteiger charge is 2.27. The molecule has 18 heavy (non-hydrogen) atoms. The van der Waals surface area contributed by atoms with Gasteiger partial charge in [-0.3, -0.25) is 4.90 Å². The third-order valence-corrected chi connectivity index (χ3v) is 4.96. The molecule has 0 spiro atoms. The van der Waals surface area contributed by atoms with Crippen molar-refractivity contribution in [1.82, 2.24) is 4.90 Å². The van der Waals surface area contributed by atoms with Crippen LogP contribution in [0.5, 0.6) is 0 Å². The summed E-state index contributed by atoms with van der Waals surface area (Å²) in [6.07, 6.45) is 5.92. The Morgan fingerprint density at radius 3 is 2.83 bits per heavy atom. The summed E-state index contributed by atoms with van der Waals surface area (Å²) in [5, 5.41) is 9.31. The average Bonchev–Trinajstić information content (AvgIpc) is 2.65. The Bertz CT molecular complexity index is 424. The molecule has 0 amide bonds. The molecular formula is C14H19ClN2S. The summed E-state index contributed by atoms with van der Waals surface area (Å²) in [6, 6.07) is 6.94. The van der Waals surface area contributed by atoms with E-state index in [9.17, 15) is 5.26 Å². The average molecular weight is 283 g/mol. The molecule has 1 aromatic heterocycles. The van der Waals surface area contributed by atoms with Crippen LogP contribution < -0.4 is 0 Å². The highest BCUT2D eigenvalue weighted by atomic mass is 35.5. The summed E-state index contributed by atoms with van der Waals surface area (Å²) in [6.45, 7) is 0.903. The van der Waals surface area contributed by atoms with Gasteiger partial charge in [0.15, 0.2) is 0 Å². The van der Waals surface area contributed by atoms with Crippen molar-refractivity contribution in [3.8, 4) is 6.07 Å². The number of thiophene rings is 1. The Balaban J connectivity index is 2.01. The summed E-state index contributed by atoms with van der Waals surface area (Å²) in [4.78, 5) is 3.62. The van der Waals surface area contributed by atoms with Crippen LogP contribution in [-0.4, -0.2) is 18.0 Å². The lowest BCUT2D eigenvalue weighted by Gasteiger charge is -2.29. The van der Waals surface area contributed by atoms with E-state index in [1.54, 1.807) is 11.3 Å². The third kappa shape index (κ3) is 3.47. The molecule has 4 heteroatoms.